The molecule has 84 valence electrons. The fraction of sp³-hybridized carbons (Fsp3) is 0.273. The molecular weight excluding hydrogens is 204 g/mol. The Balaban J connectivity index is 1.96. The standard InChI is InChI=1S/C11H14N4O/c1-8-3-2-4-9(7-8)5-6-10-14-15-11(13-12)16-10/h2-4,7H,5-6,12H2,1H3,(H,13,15). The predicted molar refractivity (Wildman–Crippen MR) is 60.7 cm³/mol. The number of hydrazine groups is 1. The van der Waals surface area contributed by atoms with Gasteiger partial charge in [-0.3, -0.25) is 5.43 Å². The Morgan fingerprint density at radius 2 is 2.19 bits per heavy atom. The first-order chi connectivity index (χ1) is 7.78. The Kier molecular flexibility index (Phi) is 3.16. The summed E-state index contributed by atoms with van der Waals surface area (Å²) in [4.78, 5) is 0. The normalized spacial score (nSPS) is 10.4. The number of nitrogens with zero attached hydrogens (tertiary/aromatic N) is 2. The van der Waals surface area contributed by atoms with Gasteiger partial charge in [0.25, 0.3) is 0 Å². The summed E-state index contributed by atoms with van der Waals surface area (Å²) >= 11 is 0. The van der Waals surface area contributed by atoms with Crippen LogP contribution in [0.15, 0.2) is 28.7 Å². The van der Waals surface area contributed by atoms with E-state index in [4.69, 9.17) is 10.3 Å². The van der Waals surface area contributed by atoms with Crippen LogP contribution in [0.5, 0.6) is 0 Å². The Labute approximate surface area is 93.6 Å². The van der Waals surface area contributed by atoms with Crippen LogP contribution in [0, 0.1) is 6.92 Å². The molecule has 0 amide bonds. The molecule has 3 N–H and O–H groups in total. The summed E-state index contributed by atoms with van der Waals surface area (Å²) in [5, 5.41) is 7.58. The number of hydrogen-bond acceptors (Lipinski definition) is 5. The topological polar surface area (TPSA) is 77.0 Å². The SMILES string of the molecule is Cc1cccc(CCc2nnc(NN)o2)c1. The van der Waals surface area contributed by atoms with Crippen LogP contribution in [0.2, 0.25) is 0 Å². The summed E-state index contributed by atoms with van der Waals surface area (Å²) in [6, 6.07) is 8.61. The van der Waals surface area contributed by atoms with Crippen molar-refractivity contribution in [2.45, 2.75) is 19.8 Å². The van der Waals surface area contributed by atoms with E-state index < -0.39 is 0 Å². The molecule has 0 bridgehead atoms. The van der Waals surface area contributed by atoms with Crippen molar-refractivity contribution in [2.75, 3.05) is 5.43 Å². The minimum atomic E-state index is 0.249. The van der Waals surface area contributed by atoms with Crippen LogP contribution < -0.4 is 11.3 Å². The van der Waals surface area contributed by atoms with Crippen LogP contribution in [-0.4, -0.2) is 10.2 Å². The van der Waals surface area contributed by atoms with Crippen molar-refractivity contribution in [3.05, 3.63) is 41.3 Å². The number of benzene rings is 1. The van der Waals surface area contributed by atoms with E-state index >= 15 is 0 Å². The number of rotatable bonds is 4. The summed E-state index contributed by atoms with van der Waals surface area (Å²) in [6.07, 6.45) is 1.60. The summed E-state index contributed by atoms with van der Waals surface area (Å²) in [6.45, 7) is 2.08. The number of nitrogens with two attached hydrogens (primary N) is 1. The number of hydrogen-bond donors (Lipinski definition) is 2. The second-order valence-corrected chi connectivity index (χ2v) is 3.63. The zero-order valence-electron chi connectivity index (χ0n) is 9.10. The molecule has 0 spiro atoms. The molecule has 5 nitrogen and oxygen atoms in total. The van der Waals surface area contributed by atoms with Crippen molar-refractivity contribution in [2.24, 2.45) is 5.84 Å². The maximum absolute atomic E-state index is 5.23. The molecule has 1 heterocycles. The van der Waals surface area contributed by atoms with Gasteiger partial charge in [-0.15, -0.1) is 5.10 Å². The van der Waals surface area contributed by atoms with Crippen LogP contribution in [-0.2, 0) is 12.8 Å². The predicted octanol–water partition coefficient (Wildman–Crippen LogP) is 1.45. The fourth-order valence-corrected chi connectivity index (χ4v) is 1.53. The van der Waals surface area contributed by atoms with E-state index in [0.717, 1.165) is 12.8 Å². The lowest BCUT2D eigenvalue weighted by Gasteiger charge is -1.99. The lowest BCUT2D eigenvalue weighted by Crippen LogP contribution is -2.06. The molecule has 2 rings (SSSR count). The van der Waals surface area contributed by atoms with Crippen molar-refractivity contribution in [3.8, 4) is 0 Å². The number of nitrogen functional groups attached to an aromatic ring is 1. The quantitative estimate of drug-likeness (QED) is 0.600. The van der Waals surface area contributed by atoms with Crippen molar-refractivity contribution in [1.82, 2.24) is 10.2 Å². The average Bonchev–Trinajstić information content (AvgIpc) is 2.74. The van der Waals surface area contributed by atoms with Crippen LogP contribution >= 0.6 is 0 Å². The van der Waals surface area contributed by atoms with E-state index in [-0.39, 0.29) is 6.01 Å². The lowest BCUT2D eigenvalue weighted by atomic mass is 10.1. The molecule has 0 saturated carbocycles. The van der Waals surface area contributed by atoms with Gasteiger partial charge in [-0.1, -0.05) is 34.9 Å². The highest BCUT2D eigenvalue weighted by Crippen LogP contribution is 2.09. The summed E-state index contributed by atoms with van der Waals surface area (Å²) < 4.78 is 5.23. The van der Waals surface area contributed by atoms with Crippen molar-refractivity contribution in [3.63, 3.8) is 0 Å². The molecule has 0 radical (unpaired) electrons. The molecule has 1 aromatic carbocycles. The number of anilines is 1. The zero-order chi connectivity index (χ0) is 11.4. The largest absolute Gasteiger partial charge is 0.407 e. The first-order valence-electron chi connectivity index (χ1n) is 5.12. The van der Waals surface area contributed by atoms with E-state index in [2.05, 4.69) is 40.7 Å². The van der Waals surface area contributed by atoms with E-state index in [1.165, 1.54) is 11.1 Å². The molecule has 1 aromatic heterocycles. The molecule has 0 aliphatic heterocycles. The second kappa shape index (κ2) is 4.76. The highest BCUT2D eigenvalue weighted by molar-refractivity contribution is 5.22. The monoisotopic (exact) mass is 218 g/mol. The van der Waals surface area contributed by atoms with Gasteiger partial charge in [0.05, 0.1) is 0 Å². The second-order valence-electron chi connectivity index (χ2n) is 3.63. The van der Waals surface area contributed by atoms with Gasteiger partial charge in [0.15, 0.2) is 0 Å². The minimum Gasteiger partial charge on any atom is -0.407 e. The van der Waals surface area contributed by atoms with E-state index in [1.54, 1.807) is 0 Å². The molecule has 0 fully saturated rings. The third kappa shape index (κ3) is 2.58. The Bertz CT molecular complexity index is 467. The minimum absolute atomic E-state index is 0.249. The molecule has 0 atom stereocenters. The Morgan fingerprint density at radius 3 is 2.88 bits per heavy atom. The molecule has 0 aliphatic carbocycles. The molecule has 0 unspecified atom stereocenters. The maximum atomic E-state index is 5.23. The van der Waals surface area contributed by atoms with Gasteiger partial charge < -0.3 is 4.42 Å². The van der Waals surface area contributed by atoms with E-state index in [9.17, 15) is 0 Å². The summed E-state index contributed by atoms with van der Waals surface area (Å²) in [7, 11) is 0. The summed E-state index contributed by atoms with van der Waals surface area (Å²) in [5.41, 5.74) is 4.84. The maximum Gasteiger partial charge on any atom is 0.330 e. The molecule has 0 aliphatic rings. The van der Waals surface area contributed by atoms with Gasteiger partial charge in [0.2, 0.25) is 5.89 Å². The van der Waals surface area contributed by atoms with Crippen LogP contribution in [0.1, 0.15) is 17.0 Å². The van der Waals surface area contributed by atoms with Gasteiger partial charge in [-0.2, -0.15) is 0 Å². The highest BCUT2D eigenvalue weighted by Gasteiger charge is 2.04. The van der Waals surface area contributed by atoms with Crippen LogP contribution in [0.3, 0.4) is 0 Å². The number of aromatic nitrogens is 2. The first-order valence-corrected chi connectivity index (χ1v) is 5.12. The third-order valence-corrected chi connectivity index (χ3v) is 2.30. The van der Waals surface area contributed by atoms with Gasteiger partial charge in [-0.05, 0) is 18.9 Å². The first kappa shape index (κ1) is 10.6. The molecule has 5 heteroatoms. The molecular formula is C11H14N4O. The van der Waals surface area contributed by atoms with Crippen molar-refractivity contribution in [1.29, 1.82) is 0 Å². The number of aryl methyl sites for hydroxylation is 3. The fourth-order valence-electron chi connectivity index (χ4n) is 1.53. The number of nitrogens with one attached hydrogen (secondary N) is 1. The molecule has 16 heavy (non-hydrogen) atoms. The van der Waals surface area contributed by atoms with Gasteiger partial charge in [-0.25, -0.2) is 5.84 Å². The van der Waals surface area contributed by atoms with Gasteiger partial charge >= 0.3 is 6.01 Å². The Morgan fingerprint density at radius 1 is 1.31 bits per heavy atom. The molecule has 0 saturated heterocycles. The van der Waals surface area contributed by atoms with Crippen molar-refractivity contribution < 1.29 is 4.42 Å². The molecule has 2 aromatic rings. The van der Waals surface area contributed by atoms with E-state index in [0.29, 0.717) is 5.89 Å². The Hall–Kier alpha value is -1.88. The van der Waals surface area contributed by atoms with Gasteiger partial charge in [0.1, 0.15) is 0 Å². The van der Waals surface area contributed by atoms with Crippen LogP contribution in [0.25, 0.3) is 0 Å². The highest BCUT2D eigenvalue weighted by atomic mass is 16.4. The van der Waals surface area contributed by atoms with Crippen molar-refractivity contribution >= 4 is 6.01 Å². The zero-order valence-corrected chi connectivity index (χ0v) is 9.10. The lowest BCUT2D eigenvalue weighted by molar-refractivity contribution is 0.504. The van der Waals surface area contributed by atoms with Gasteiger partial charge in [0, 0.05) is 6.42 Å². The summed E-state index contributed by atoms with van der Waals surface area (Å²) in [5.74, 6) is 5.74. The van der Waals surface area contributed by atoms with E-state index in [1.807, 2.05) is 6.07 Å². The van der Waals surface area contributed by atoms with Crippen LogP contribution in [0.4, 0.5) is 6.01 Å². The smallest absolute Gasteiger partial charge is 0.330 e. The average molecular weight is 218 g/mol. The third-order valence-electron chi connectivity index (χ3n) is 2.30.